The number of aliphatic hydroxyl groups is 1. The SMILES string of the molecule is CC(=O)OC1C(=O)C2CCC3OCC3(OC(C)=O)C2CC2(O)CCC(C)=C1C2(C)C. The van der Waals surface area contributed by atoms with Gasteiger partial charge in [0.1, 0.15) is 6.10 Å². The van der Waals surface area contributed by atoms with Crippen LogP contribution in [0.15, 0.2) is 11.1 Å². The summed E-state index contributed by atoms with van der Waals surface area (Å²) in [5.74, 6) is -1.95. The summed E-state index contributed by atoms with van der Waals surface area (Å²) in [7, 11) is 0. The van der Waals surface area contributed by atoms with Gasteiger partial charge in [0.2, 0.25) is 0 Å². The summed E-state index contributed by atoms with van der Waals surface area (Å²) in [6.07, 6.45) is 1.36. The molecule has 1 aliphatic heterocycles. The maximum atomic E-state index is 13.8. The van der Waals surface area contributed by atoms with Gasteiger partial charge in [0, 0.05) is 31.1 Å². The number of carbonyl (C=O) groups excluding carboxylic acids is 3. The van der Waals surface area contributed by atoms with Gasteiger partial charge in [-0.05, 0) is 44.6 Å². The third-order valence-corrected chi connectivity index (χ3v) is 8.18. The molecule has 3 aliphatic carbocycles. The minimum atomic E-state index is -1.12. The van der Waals surface area contributed by atoms with E-state index in [1.54, 1.807) is 0 Å². The highest BCUT2D eigenvalue weighted by Crippen LogP contribution is 2.59. The predicted octanol–water partition coefficient (Wildman–Crippen LogP) is 2.49. The Labute approximate surface area is 177 Å². The molecule has 30 heavy (non-hydrogen) atoms. The van der Waals surface area contributed by atoms with Crippen molar-refractivity contribution in [2.24, 2.45) is 17.3 Å². The maximum Gasteiger partial charge on any atom is 0.303 e. The van der Waals surface area contributed by atoms with E-state index in [0.29, 0.717) is 32.1 Å². The molecule has 0 aromatic carbocycles. The highest BCUT2D eigenvalue weighted by atomic mass is 16.6. The summed E-state index contributed by atoms with van der Waals surface area (Å²) >= 11 is 0. The van der Waals surface area contributed by atoms with Crippen LogP contribution >= 0.6 is 0 Å². The summed E-state index contributed by atoms with van der Waals surface area (Å²) < 4.78 is 17.2. The predicted molar refractivity (Wildman–Crippen MR) is 106 cm³/mol. The first-order valence-corrected chi connectivity index (χ1v) is 10.9. The molecule has 1 N–H and O–H groups in total. The minimum absolute atomic E-state index is 0.154. The number of Topliss-reactive ketones (excluding diaryl/α,β-unsaturated/α-hetero) is 1. The summed E-state index contributed by atoms with van der Waals surface area (Å²) in [5.41, 5.74) is -1.08. The second kappa shape index (κ2) is 6.89. The van der Waals surface area contributed by atoms with Gasteiger partial charge >= 0.3 is 11.9 Å². The van der Waals surface area contributed by atoms with Crippen LogP contribution in [0.1, 0.15) is 66.7 Å². The lowest BCUT2D eigenvalue weighted by Crippen LogP contribution is -2.72. The van der Waals surface area contributed by atoms with Gasteiger partial charge in [0.25, 0.3) is 0 Å². The largest absolute Gasteiger partial charge is 0.454 e. The van der Waals surface area contributed by atoms with Crippen molar-refractivity contribution < 1.29 is 33.7 Å². The molecule has 0 amide bonds. The second-order valence-electron chi connectivity index (χ2n) is 10.1. The number of fused-ring (bicyclic) bond motifs is 5. The van der Waals surface area contributed by atoms with Gasteiger partial charge in [0.15, 0.2) is 17.5 Å². The van der Waals surface area contributed by atoms with Crippen molar-refractivity contribution in [3.05, 3.63) is 11.1 Å². The monoisotopic (exact) mass is 420 g/mol. The number of esters is 2. The van der Waals surface area contributed by atoms with Crippen LogP contribution in [0, 0.1) is 17.3 Å². The van der Waals surface area contributed by atoms with E-state index in [9.17, 15) is 19.5 Å². The van der Waals surface area contributed by atoms with Crippen LogP contribution in [0.5, 0.6) is 0 Å². The van der Waals surface area contributed by atoms with Crippen LogP contribution < -0.4 is 0 Å². The zero-order valence-electron chi connectivity index (χ0n) is 18.4. The number of rotatable bonds is 2. The Kier molecular flexibility index (Phi) is 4.94. The molecule has 7 nitrogen and oxygen atoms in total. The molecule has 0 aromatic rings. The van der Waals surface area contributed by atoms with E-state index in [2.05, 4.69) is 0 Å². The molecular weight excluding hydrogens is 388 g/mol. The van der Waals surface area contributed by atoms with Crippen molar-refractivity contribution >= 4 is 17.7 Å². The number of ketones is 1. The zero-order chi connectivity index (χ0) is 22.1. The van der Waals surface area contributed by atoms with Gasteiger partial charge in [-0.3, -0.25) is 14.4 Å². The Hall–Kier alpha value is -1.73. The fourth-order valence-electron chi connectivity index (χ4n) is 6.52. The highest BCUT2D eigenvalue weighted by molar-refractivity contribution is 5.91. The average Bonchev–Trinajstić information content (AvgIpc) is 2.61. The summed E-state index contributed by atoms with van der Waals surface area (Å²) in [4.78, 5) is 37.8. The molecule has 2 saturated carbocycles. The Morgan fingerprint density at radius 3 is 2.43 bits per heavy atom. The van der Waals surface area contributed by atoms with Gasteiger partial charge in [-0.15, -0.1) is 0 Å². The van der Waals surface area contributed by atoms with Crippen molar-refractivity contribution in [2.75, 3.05) is 6.61 Å². The molecule has 0 aromatic heterocycles. The number of carbonyl (C=O) groups is 3. The van der Waals surface area contributed by atoms with Crippen molar-refractivity contribution in [3.8, 4) is 0 Å². The van der Waals surface area contributed by atoms with Crippen molar-refractivity contribution in [1.29, 1.82) is 0 Å². The molecule has 7 heteroatoms. The summed E-state index contributed by atoms with van der Waals surface area (Å²) in [6.45, 7) is 8.69. The second-order valence-corrected chi connectivity index (χ2v) is 10.1. The van der Waals surface area contributed by atoms with E-state index in [-0.39, 0.29) is 24.4 Å². The van der Waals surface area contributed by atoms with Crippen molar-refractivity contribution in [1.82, 2.24) is 0 Å². The third kappa shape index (κ3) is 2.88. The number of hydrogen-bond acceptors (Lipinski definition) is 7. The number of allylic oxidation sites excluding steroid dienone is 1. The highest BCUT2D eigenvalue weighted by Gasteiger charge is 2.67. The Bertz CT molecular complexity index is 827. The molecule has 0 radical (unpaired) electrons. The zero-order valence-corrected chi connectivity index (χ0v) is 18.4. The van der Waals surface area contributed by atoms with Crippen LogP contribution in [0.25, 0.3) is 0 Å². The fraction of sp³-hybridized carbons (Fsp3) is 0.783. The topological polar surface area (TPSA) is 99.1 Å². The molecule has 6 atom stereocenters. The van der Waals surface area contributed by atoms with E-state index < -0.39 is 40.6 Å². The molecule has 1 heterocycles. The van der Waals surface area contributed by atoms with E-state index in [0.717, 1.165) is 11.1 Å². The van der Waals surface area contributed by atoms with Crippen LogP contribution in [0.4, 0.5) is 0 Å². The number of ether oxygens (including phenoxy) is 3. The quantitative estimate of drug-likeness (QED) is 0.541. The average molecular weight is 421 g/mol. The van der Waals surface area contributed by atoms with Crippen molar-refractivity contribution in [3.63, 3.8) is 0 Å². The fourth-order valence-corrected chi connectivity index (χ4v) is 6.52. The molecule has 4 aliphatic rings. The van der Waals surface area contributed by atoms with Gasteiger partial charge in [-0.1, -0.05) is 19.4 Å². The first-order chi connectivity index (χ1) is 13.9. The van der Waals surface area contributed by atoms with E-state index in [4.69, 9.17) is 14.2 Å². The Morgan fingerprint density at radius 1 is 1.17 bits per heavy atom. The molecular formula is C23H32O7. The minimum Gasteiger partial charge on any atom is -0.454 e. The number of hydrogen-bond donors (Lipinski definition) is 1. The lowest BCUT2D eigenvalue weighted by molar-refractivity contribution is -0.301. The molecule has 6 unspecified atom stereocenters. The normalized spacial score (nSPS) is 42.1. The third-order valence-electron chi connectivity index (χ3n) is 8.18. The first-order valence-electron chi connectivity index (χ1n) is 10.9. The molecule has 2 bridgehead atoms. The molecule has 166 valence electrons. The van der Waals surface area contributed by atoms with Crippen molar-refractivity contribution in [2.45, 2.75) is 90.1 Å². The van der Waals surface area contributed by atoms with Crippen LogP contribution in [-0.4, -0.2) is 52.8 Å². The summed E-state index contributed by atoms with van der Waals surface area (Å²) in [5, 5.41) is 11.9. The van der Waals surface area contributed by atoms with Crippen LogP contribution in [0.3, 0.4) is 0 Å². The van der Waals surface area contributed by atoms with Crippen LogP contribution in [-0.2, 0) is 28.6 Å². The Balaban J connectivity index is 1.87. The molecule has 3 fully saturated rings. The molecule has 1 saturated heterocycles. The van der Waals surface area contributed by atoms with Gasteiger partial charge in [-0.25, -0.2) is 0 Å². The summed E-state index contributed by atoms with van der Waals surface area (Å²) in [6, 6.07) is 0. The van der Waals surface area contributed by atoms with Gasteiger partial charge in [0.05, 0.1) is 12.2 Å². The lowest BCUT2D eigenvalue weighted by Gasteiger charge is -2.61. The standard InChI is InChI=1S/C23H32O7/c1-12-8-9-22(27)10-16-15(6-7-17-23(16,11-28-17)30-14(3)25)19(26)20(29-13(2)24)18(12)21(22,4)5/h15-17,20,27H,6-11H2,1-5H3. The Morgan fingerprint density at radius 2 is 1.87 bits per heavy atom. The van der Waals surface area contributed by atoms with E-state index in [1.165, 1.54) is 13.8 Å². The molecule has 4 rings (SSSR count). The molecule has 0 spiro atoms. The first kappa shape index (κ1) is 21.5. The van der Waals surface area contributed by atoms with Gasteiger partial charge < -0.3 is 19.3 Å². The van der Waals surface area contributed by atoms with E-state index >= 15 is 0 Å². The van der Waals surface area contributed by atoms with E-state index in [1.807, 2.05) is 20.8 Å². The van der Waals surface area contributed by atoms with Crippen LogP contribution in [0.2, 0.25) is 0 Å². The smallest absolute Gasteiger partial charge is 0.303 e. The maximum absolute atomic E-state index is 13.8. The van der Waals surface area contributed by atoms with Gasteiger partial charge in [-0.2, -0.15) is 0 Å². The lowest BCUT2D eigenvalue weighted by atomic mass is 9.51.